The molecule has 0 saturated heterocycles. The van der Waals surface area contributed by atoms with E-state index in [0.29, 0.717) is 17.4 Å². The Labute approximate surface area is 103 Å². The Kier molecular flexibility index (Phi) is 2.95. The fraction of sp³-hybridized carbons (Fsp3) is 0.125. The van der Waals surface area contributed by atoms with Gasteiger partial charge in [0.25, 0.3) is 0 Å². The maximum atomic E-state index is 12.2. The van der Waals surface area contributed by atoms with Gasteiger partial charge in [-0.2, -0.15) is 21.6 Å². The standard InChI is InChI=1S/C8H4F3NO4S2/c9-8(10,11)6-3-4(12-16-6)5-1-2-7(17-5)18(13,14)15/h1-3H,(H,13,14,15). The van der Waals surface area contributed by atoms with Gasteiger partial charge in [-0.05, 0) is 12.1 Å². The molecule has 18 heavy (non-hydrogen) atoms. The first-order valence-corrected chi connectivity index (χ1v) is 6.55. The zero-order valence-electron chi connectivity index (χ0n) is 8.30. The number of halogens is 3. The van der Waals surface area contributed by atoms with E-state index in [2.05, 4.69) is 9.68 Å². The first-order chi connectivity index (χ1) is 8.18. The van der Waals surface area contributed by atoms with E-state index in [1.165, 1.54) is 6.07 Å². The fourth-order valence-electron chi connectivity index (χ4n) is 1.12. The fourth-order valence-corrected chi connectivity index (χ4v) is 2.74. The molecule has 0 spiro atoms. The number of nitrogens with zero attached hydrogens (tertiary/aromatic N) is 1. The zero-order chi connectivity index (χ0) is 13.6. The molecule has 2 rings (SSSR count). The van der Waals surface area contributed by atoms with Crippen LogP contribution in [0, 0.1) is 0 Å². The van der Waals surface area contributed by atoms with Crippen molar-refractivity contribution in [3.8, 4) is 10.6 Å². The van der Waals surface area contributed by atoms with E-state index in [1.54, 1.807) is 0 Å². The number of hydrogen-bond acceptors (Lipinski definition) is 5. The summed E-state index contributed by atoms with van der Waals surface area (Å²) < 4.78 is 70.8. The lowest BCUT2D eigenvalue weighted by Gasteiger charge is -1.97. The van der Waals surface area contributed by atoms with Crippen molar-refractivity contribution < 1.29 is 30.7 Å². The molecule has 2 heterocycles. The molecule has 0 bridgehead atoms. The van der Waals surface area contributed by atoms with Crippen molar-refractivity contribution in [2.24, 2.45) is 0 Å². The van der Waals surface area contributed by atoms with Gasteiger partial charge in [0.15, 0.2) is 0 Å². The molecule has 2 aromatic rings. The van der Waals surface area contributed by atoms with Gasteiger partial charge in [-0.15, -0.1) is 11.3 Å². The average molecular weight is 299 g/mol. The SMILES string of the molecule is O=S(=O)(O)c1ccc(-c2cc(C(F)(F)F)on2)s1. The molecular weight excluding hydrogens is 295 g/mol. The summed E-state index contributed by atoms with van der Waals surface area (Å²) in [5, 5.41) is 3.19. The number of thiophene rings is 1. The molecule has 0 amide bonds. The van der Waals surface area contributed by atoms with Crippen molar-refractivity contribution in [1.29, 1.82) is 0 Å². The van der Waals surface area contributed by atoms with Crippen LogP contribution in [0.25, 0.3) is 10.6 Å². The second-order valence-corrected chi connectivity index (χ2v) is 5.90. The summed E-state index contributed by atoms with van der Waals surface area (Å²) in [7, 11) is -4.37. The molecule has 0 aromatic carbocycles. The normalized spacial score (nSPS) is 12.9. The Balaban J connectivity index is 2.39. The van der Waals surface area contributed by atoms with Crippen LogP contribution in [-0.4, -0.2) is 18.1 Å². The molecule has 98 valence electrons. The van der Waals surface area contributed by atoms with Gasteiger partial charge >= 0.3 is 16.3 Å². The van der Waals surface area contributed by atoms with E-state index in [1.807, 2.05) is 0 Å². The van der Waals surface area contributed by atoms with Crippen molar-refractivity contribution in [2.45, 2.75) is 10.4 Å². The third kappa shape index (κ3) is 2.54. The largest absolute Gasteiger partial charge is 0.452 e. The molecule has 0 unspecified atom stereocenters. The number of aromatic nitrogens is 1. The smallest absolute Gasteiger partial charge is 0.351 e. The number of alkyl halides is 3. The van der Waals surface area contributed by atoms with Crippen LogP contribution < -0.4 is 0 Å². The van der Waals surface area contributed by atoms with Gasteiger partial charge in [0.2, 0.25) is 5.76 Å². The van der Waals surface area contributed by atoms with Crippen molar-refractivity contribution in [2.75, 3.05) is 0 Å². The van der Waals surface area contributed by atoms with E-state index in [9.17, 15) is 21.6 Å². The summed E-state index contributed by atoms with van der Waals surface area (Å²) in [6, 6.07) is 2.95. The van der Waals surface area contributed by atoms with Crippen molar-refractivity contribution in [1.82, 2.24) is 5.16 Å². The predicted molar refractivity (Wildman–Crippen MR) is 54.6 cm³/mol. The summed E-state index contributed by atoms with van der Waals surface area (Å²) in [5.41, 5.74) is -0.151. The summed E-state index contributed by atoms with van der Waals surface area (Å²) in [6.45, 7) is 0. The summed E-state index contributed by atoms with van der Waals surface area (Å²) in [6.07, 6.45) is -4.66. The third-order valence-corrected chi connectivity index (χ3v) is 4.31. The van der Waals surface area contributed by atoms with E-state index >= 15 is 0 Å². The monoisotopic (exact) mass is 299 g/mol. The van der Waals surface area contributed by atoms with E-state index in [-0.39, 0.29) is 14.8 Å². The topological polar surface area (TPSA) is 80.4 Å². The van der Waals surface area contributed by atoms with Gasteiger partial charge in [-0.1, -0.05) is 5.16 Å². The maximum Gasteiger partial charge on any atom is 0.452 e. The number of hydrogen-bond donors (Lipinski definition) is 1. The number of rotatable bonds is 2. The predicted octanol–water partition coefficient (Wildman–Crippen LogP) is 2.67. The van der Waals surface area contributed by atoms with Gasteiger partial charge in [-0.25, -0.2) is 0 Å². The van der Waals surface area contributed by atoms with Gasteiger partial charge in [-0.3, -0.25) is 4.55 Å². The van der Waals surface area contributed by atoms with Crippen LogP contribution in [0.5, 0.6) is 0 Å². The Morgan fingerprint density at radius 1 is 1.33 bits per heavy atom. The first kappa shape index (κ1) is 13.1. The third-order valence-electron chi connectivity index (χ3n) is 1.88. The molecular formula is C8H4F3NO4S2. The first-order valence-electron chi connectivity index (χ1n) is 4.29. The Morgan fingerprint density at radius 2 is 2.00 bits per heavy atom. The second kappa shape index (κ2) is 4.07. The average Bonchev–Trinajstić information content (AvgIpc) is 2.84. The lowest BCUT2D eigenvalue weighted by Crippen LogP contribution is -2.01. The van der Waals surface area contributed by atoms with Crippen LogP contribution in [0.3, 0.4) is 0 Å². The van der Waals surface area contributed by atoms with Crippen molar-refractivity contribution >= 4 is 21.5 Å². The van der Waals surface area contributed by atoms with Crippen LogP contribution in [0.4, 0.5) is 13.2 Å². The maximum absolute atomic E-state index is 12.2. The summed E-state index contributed by atoms with van der Waals surface area (Å²) in [4.78, 5) is 0.141. The van der Waals surface area contributed by atoms with Crippen molar-refractivity contribution in [3.63, 3.8) is 0 Å². The minimum atomic E-state index is -4.66. The highest BCUT2D eigenvalue weighted by molar-refractivity contribution is 7.88. The quantitative estimate of drug-likeness (QED) is 0.862. The molecule has 0 saturated carbocycles. The summed E-state index contributed by atoms with van der Waals surface area (Å²) in [5.74, 6) is -1.28. The Bertz CT molecular complexity index is 671. The molecule has 5 nitrogen and oxygen atoms in total. The highest BCUT2D eigenvalue weighted by atomic mass is 32.3. The zero-order valence-corrected chi connectivity index (χ0v) is 9.93. The Morgan fingerprint density at radius 3 is 2.44 bits per heavy atom. The van der Waals surface area contributed by atoms with Crippen LogP contribution in [0.1, 0.15) is 5.76 Å². The van der Waals surface area contributed by atoms with E-state index in [4.69, 9.17) is 4.55 Å². The Hall–Kier alpha value is -1.39. The molecule has 10 heteroatoms. The minimum absolute atomic E-state index is 0.141. The van der Waals surface area contributed by atoms with Crippen LogP contribution >= 0.6 is 11.3 Å². The molecule has 1 N–H and O–H groups in total. The lowest BCUT2D eigenvalue weighted by molar-refractivity contribution is -0.155. The van der Waals surface area contributed by atoms with Crippen LogP contribution in [-0.2, 0) is 16.3 Å². The van der Waals surface area contributed by atoms with Gasteiger partial charge in [0.1, 0.15) is 9.90 Å². The van der Waals surface area contributed by atoms with Gasteiger partial charge in [0, 0.05) is 6.07 Å². The highest BCUT2D eigenvalue weighted by Crippen LogP contribution is 2.35. The molecule has 2 aromatic heterocycles. The lowest BCUT2D eigenvalue weighted by atomic mass is 10.3. The molecule has 0 atom stereocenters. The molecule has 0 fully saturated rings. The molecule has 0 aliphatic heterocycles. The second-order valence-electron chi connectivity index (χ2n) is 3.17. The summed E-state index contributed by atoms with van der Waals surface area (Å²) >= 11 is 0.589. The minimum Gasteiger partial charge on any atom is -0.351 e. The van der Waals surface area contributed by atoms with Crippen molar-refractivity contribution in [3.05, 3.63) is 24.0 Å². The molecule has 0 radical (unpaired) electrons. The molecule has 0 aliphatic carbocycles. The van der Waals surface area contributed by atoms with E-state index < -0.39 is 22.1 Å². The van der Waals surface area contributed by atoms with Crippen LogP contribution in [0.2, 0.25) is 0 Å². The van der Waals surface area contributed by atoms with Crippen LogP contribution in [0.15, 0.2) is 26.9 Å². The van der Waals surface area contributed by atoms with Gasteiger partial charge < -0.3 is 4.52 Å². The molecule has 0 aliphatic rings. The van der Waals surface area contributed by atoms with E-state index in [0.717, 1.165) is 6.07 Å². The van der Waals surface area contributed by atoms with Gasteiger partial charge in [0.05, 0.1) is 4.88 Å². The highest BCUT2D eigenvalue weighted by Gasteiger charge is 2.36.